The van der Waals surface area contributed by atoms with Crippen molar-refractivity contribution in [2.75, 3.05) is 6.54 Å². The summed E-state index contributed by atoms with van der Waals surface area (Å²) in [6.45, 7) is 0.816. The van der Waals surface area contributed by atoms with Gasteiger partial charge in [-0.1, -0.05) is 11.6 Å². The summed E-state index contributed by atoms with van der Waals surface area (Å²) < 4.78 is 16.1. The van der Waals surface area contributed by atoms with Crippen molar-refractivity contribution in [3.05, 3.63) is 46.0 Å². The van der Waals surface area contributed by atoms with Gasteiger partial charge in [0.25, 0.3) is 5.91 Å². The number of hydrogen-bond acceptors (Lipinski definition) is 2. The first-order valence-corrected chi connectivity index (χ1v) is 9.88. The molecule has 2 aromatic rings. The van der Waals surface area contributed by atoms with E-state index < -0.39 is 5.82 Å². The maximum Gasteiger partial charge on any atom is 0.274 e. The zero-order chi connectivity index (χ0) is 17.8. The first kappa shape index (κ1) is 16.3. The molecule has 2 heterocycles. The highest BCUT2D eigenvalue weighted by molar-refractivity contribution is 6.30. The monoisotopic (exact) mass is 373 g/mol. The summed E-state index contributed by atoms with van der Waals surface area (Å²) in [7, 11) is 0. The topological polar surface area (TPSA) is 38.1 Å². The van der Waals surface area contributed by atoms with Gasteiger partial charge in [-0.3, -0.25) is 4.79 Å². The average Bonchev–Trinajstić information content (AvgIpc) is 3.05. The van der Waals surface area contributed by atoms with Crippen molar-refractivity contribution in [3.8, 4) is 5.69 Å². The molecule has 2 fully saturated rings. The fourth-order valence-corrected chi connectivity index (χ4v) is 4.77. The molecule has 1 aliphatic heterocycles. The summed E-state index contributed by atoms with van der Waals surface area (Å²) >= 11 is 5.88. The van der Waals surface area contributed by atoms with Crippen LogP contribution in [0.1, 0.15) is 53.8 Å². The second-order valence-corrected chi connectivity index (χ2v) is 8.12. The summed E-state index contributed by atoms with van der Waals surface area (Å²) in [4.78, 5) is 15.3. The van der Waals surface area contributed by atoms with Gasteiger partial charge in [-0.15, -0.1) is 0 Å². The van der Waals surface area contributed by atoms with Crippen LogP contribution in [0.5, 0.6) is 0 Å². The molecule has 5 rings (SSSR count). The van der Waals surface area contributed by atoms with Crippen LogP contribution in [0.2, 0.25) is 5.02 Å². The lowest BCUT2D eigenvalue weighted by atomic mass is 10.1. The lowest BCUT2D eigenvalue weighted by Crippen LogP contribution is -2.37. The molecule has 4 nitrogen and oxygen atoms in total. The summed E-state index contributed by atoms with van der Waals surface area (Å²) in [5, 5.41) is 4.95. The van der Waals surface area contributed by atoms with Gasteiger partial charge in [0.15, 0.2) is 5.69 Å². The van der Waals surface area contributed by atoms with E-state index >= 15 is 0 Å². The van der Waals surface area contributed by atoms with Crippen LogP contribution in [0.25, 0.3) is 5.69 Å². The minimum atomic E-state index is -0.411. The molecule has 2 aliphatic carbocycles. The molecule has 1 aromatic heterocycles. The van der Waals surface area contributed by atoms with Gasteiger partial charge in [-0.25, -0.2) is 9.07 Å². The Morgan fingerprint density at radius 3 is 2.81 bits per heavy atom. The van der Waals surface area contributed by atoms with E-state index in [0.29, 0.717) is 28.4 Å². The van der Waals surface area contributed by atoms with Gasteiger partial charge >= 0.3 is 0 Å². The van der Waals surface area contributed by atoms with Crippen LogP contribution in [-0.4, -0.2) is 33.2 Å². The fraction of sp³-hybridized carbons (Fsp3) is 0.500. The Balaban J connectivity index is 1.55. The molecule has 6 heteroatoms. The normalized spacial score (nSPS) is 22.1. The van der Waals surface area contributed by atoms with Gasteiger partial charge in [0.1, 0.15) is 11.5 Å². The molecule has 1 amide bonds. The van der Waals surface area contributed by atoms with Crippen LogP contribution in [0.3, 0.4) is 0 Å². The number of likely N-dealkylation sites (tertiary alicyclic amines) is 1. The number of fused-ring (bicyclic) bond motifs is 1. The first-order valence-electron chi connectivity index (χ1n) is 9.50. The molecule has 1 saturated heterocycles. The molecule has 0 spiro atoms. The van der Waals surface area contributed by atoms with Crippen LogP contribution in [0.4, 0.5) is 4.39 Å². The van der Waals surface area contributed by atoms with E-state index in [1.165, 1.54) is 18.9 Å². The molecule has 3 aliphatic rings. The lowest BCUT2D eigenvalue weighted by Gasteiger charge is -2.24. The second-order valence-electron chi connectivity index (χ2n) is 7.68. The van der Waals surface area contributed by atoms with Crippen molar-refractivity contribution in [1.82, 2.24) is 14.7 Å². The molecule has 0 N–H and O–H groups in total. The fourth-order valence-electron chi connectivity index (χ4n) is 4.61. The molecule has 136 valence electrons. The van der Waals surface area contributed by atoms with Crippen molar-refractivity contribution in [3.63, 3.8) is 0 Å². The Morgan fingerprint density at radius 2 is 2.04 bits per heavy atom. The largest absolute Gasteiger partial charge is 0.334 e. The lowest BCUT2D eigenvalue weighted by molar-refractivity contribution is 0.0713. The summed E-state index contributed by atoms with van der Waals surface area (Å²) in [5.41, 5.74) is 2.87. The second kappa shape index (κ2) is 6.08. The third-order valence-electron chi connectivity index (χ3n) is 6.00. The van der Waals surface area contributed by atoms with Crippen molar-refractivity contribution in [1.29, 1.82) is 0 Å². The number of aromatic nitrogens is 2. The molecule has 0 bridgehead atoms. The standard InChI is InChI=1S/C20H21ClFN3O/c21-13-8-9-18(15(22)11-13)25-17-4-1-3-14(17)19(23-25)20(26)24-10-2-5-16(24)12-6-7-12/h8-9,11-12,16H,1-7,10H2. The molecule has 1 aromatic carbocycles. The summed E-state index contributed by atoms with van der Waals surface area (Å²) in [6.07, 6.45) is 7.28. The minimum absolute atomic E-state index is 0.0330. The van der Waals surface area contributed by atoms with Gasteiger partial charge in [-0.05, 0) is 69.1 Å². The van der Waals surface area contributed by atoms with Gasteiger partial charge < -0.3 is 4.90 Å². The Hall–Kier alpha value is -1.88. The highest BCUT2D eigenvalue weighted by Gasteiger charge is 2.42. The number of benzene rings is 1. The highest BCUT2D eigenvalue weighted by atomic mass is 35.5. The maximum atomic E-state index is 14.5. The number of nitrogens with zero attached hydrogens (tertiary/aromatic N) is 3. The predicted octanol–water partition coefficient (Wildman–Crippen LogP) is 4.17. The van der Waals surface area contributed by atoms with E-state index in [0.717, 1.165) is 49.9 Å². The highest BCUT2D eigenvalue weighted by Crippen LogP contribution is 2.41. The average molecular weight is 374 g/mol. The molecule has 0 radical (unpaired) electrons. The van der Waals surface area contributed by atoms with E-state index in [1.807, 2.05) is 4.90 Å². The third-order valence-corrected chi connectivity index (χ3v) is 6.23. The molecule has 26 heavy (non-hydrogen) atoms. The zero-order valence-corrected chi connectivity index (χ0v) is 15.3. The van der Waals surface area contributed by atoms with Crippen LogP contribution < -0.4 is 0 Å². The SMILES string of the molecule is O=C(c1nn(-c2ccc(Cl)cc2F)c2c1CCC2)N1CCCC1C1CC1. The van der Waals surface area contributed by atoms with Gasteiger partial charge in [0, 0.05) is 28.9 Å². The number of hydrogen-bond donors (Lipinski definition) is 0. The van der Waals surface area contributed by atoms with Gasteiger partial charge in [0.2, 0.25) is 0 Å². The number of halogens is 2. The predicted molar refractivity (Wildman–Crippen MR) is 97.3 cm³/mol. The number of carbonyl (C=O) groups is 1. The molecule has 1 unspecified atom stereocenters. The Morgan fingerprint density at radius 1 is 1.19 bits per heavy atom. The van der Waals surface area contributed by atoms with Crippen molar-refractivity contribution < 1.29 is 9.18 Å². The smallest absolute Gasteiger partial charge is 0.274 e. The molecule has 1 saturated carbocycles. The van der Waals surface area contributed by atoms with Crippen LogP contribution in [0, 0.1) is 11.7 Å². The van der Waals surface area contributed by atoms with Crippen LogP contribution in [-0.2, 0) is 12.8 Å². The maximum absolute atomic E-state index is 14.5. The van der Waals surface area contributed by atoms with E-state index in [2.05, 4.69) is 5.10 Å². The third kappa shape index (κ3) is 2.56. The van der Waals surface area contributed by atoms with Crippen molar-refractivity contribution >= 4 is 17.5 Å². The minimum Gasteiger partial charge on any atom is -0.334 e. The molecular weight excluding hydrogens is 353 g/mol. The summed E-state index contributed by atoms with van der Waals surface area (Å²) in [6, 6.07) is 4.97. The number of amides is 1. The Kier molecular flexibility index (Phi) is 3.82. The van der Waals surface area contributed by atoms with E-state index in [4.69, 9.17) is 11.6 Å². The number of carbonyl (C=O) groups excluding carboxylic acids is 1. The number of rotatable bonds is 3. The van der Waals surface area contributed by atoms with E-state index in [9.17, 15) is 9.18 Å². The van der Waals surface area contributed by atoms with Crippen LogP contribution in [0.15, 0.2) is 18.2 Å². The van der Waals surface area contributed by atoms with Crippen molar-refractivity contribution in [2.24, 2.45) is 5.92 Å². The van der Waals surface area contributed by atoms with Crippen molar-refractivity contribution in [2.45, 2.75) is 51.0 Å². The zero-order valence-electron chi connectivity index (χ0n) is 14.5. The molecule has 1 atom stereocenters. The van der Waals surface area contributed by atoms with E-state index in [1.54, 1.807) is 16.8 Å². The van der Waals surface area contributed by atoms with Crippen LogP contribution >= 0.6 is 11.6 Å². The van der Waals surface area contributed by atoms with Gasteiger partial charge in [0.05, 0.1) is 0 Å². The summed E-state index contributed by atoms with van der Waals surface area (Å²) in [5.74, 6) is 0.293. The Bertz CT molecular complexity index is 889. The van der Waals surface area contributed by atoms with Gasteiger partial charge in [-0.2, -0.15) is 5.10 Å². The van der Waals surface area contributed by atoms with E-state index in [-0.39, 0.29) is 5.91 Å². The Labute approximate surface area is 156 Å². The quantitative estimate of drug-likeness (QED) is 0.809. The molecular formula is C20H21ClFN3O. The first-order chi connectivity index (χ1) is 12.6.